The normalized spacial score (nSPS) is 10.9. The number of fused-ring (bicyclic) bond motifs is 1. The van der Waals surface area contributed by atoms with Gasteiger partial charge in [0.05, 0.1) is 11.0 Å². The van der Waals surface area contributed by atoms with Crippen molar-refractivity contribution in [3.05, 3.63) is 48.3 Å². The molecule has 84 valence electrons. The monoisotopic (exact) mass is 227 g/mol. The summed E-state index contributed by atoms with van der Waals surface area (Å²) in [7, 11) is 0. The maximum absolute atomic E-state index is 13.1. The Morgan fingerprint density at radius 1 is 1.06 bits per heavy atom. The zero-order valence-corrected chi connectivity index (χ0v) is 8.94. The second-order valence-corrected chi connectivity index (χ2v) is 3.86. The summed E-state index contributed by atoms with van der Waals surface area (Å²) >= 11 is 0. The minimum Gasteiger partial charge on any atom is -0.369 e. The number of nitrogens with two attached hydrogens (primary N) is 1. The minimum atomic E-state index is -0.246. The van der Waals surface area contributed by atoms with Crippen LogP contribution in [0.3, 0.4) is 0 Å². The van der Waals surface area contributed by atoms with Crippen LogP contribution in [0, 0.1) is 5.82 Å². The maximum Gasteiger partial charge on any atom is 0.198 e. The first-order chi connectivity index (χ1) is 8.22. The summed E-state index contributed by atoms with van der Waals surface area (Å²) in [6.07, 6.45) is 0. The summed E-state index contributed by atoms with van der Waals surface area (Å²) in [4.78, 5) is 7.09. The van der Waals surface area contributed by atoms with Crippen molar-refractivity contribution < 1.29 is 4.39 Å². The zero-order valence-electron chi connectivity index (χ0n) is 8.94. The van der Waals surface area contributed by atoms with E-state index in [1.165, 1.54) is 12.1 Å². The van der Waals surface area contributed by atoms with Crippen LogP contribution in [0.2, 0.25) is 0 Å². The Hall–Kier alpha value is -2.36. The van der Waals surface area contributed by atoms with Gasteiger partial charge in [0.25, 0.3) is 0 Å². The van der Waals surface area contributed by atoms with Crippen LogP contribution in [0.4, 0.5) is 10.3 Å². The van der Waals surface area contributed by atoms with Crippen LogP contribution in [0.5, 0.6) is 0 Å². The third kappa shape index (κ3) is 1.73. The van der Waals surface area contributed by atoms with Crippen LogP contribution in [0.25, 0.3) is 22.2 Å². The van der Waals surface area contributed by atoms with Gasteiger partial charge < -0.3 is 10.7 Å². The van der Waals surface area contributed by atoms with E-state index < -0.39 is 0 Å². The van der Waals surface area contributed by atoms with Gasteiger partial charge in [-0.2, -0.15) is 0 Å². The van der Waals surface area contributed by atoms with Gasteiger partial charge >= 0.3 is 0 Å². The summed E-state index contributed by atoms with van der Waals surface area (Å²) in [5.74, 6) is 0.139. The van der Waals surface area contributed by atoms with Gasteiger partial charge in [0.1, 0.15) is 5.82 Å². The lowest BCUT2D eigenvalue weighted by molar-refractivity contribution is 0.628. The summed E-state index contributed by atoms with van der Waals surface area (Å²) in [6, 6.07) is 12.2. The fourth-order valence-electron chi connectivity index (χ4n) is 1.87. The topological polar surface area (TPSA) is 54.7 Å². The molecule has 0 fully saturated rings. The fourth-order valence-corrected chi connectivity index (χ4v) is 1.87. The molecule has 1 heterocycles. The van der Waals surface area contributed by atoms with Crippen LogP contribution >= 0.6 is 0 Å². The highest BCUT2D eigenvalue weighted by Gasteiger charge is 2.03. The number of aromatic nitrogens is 2. The lowest BCUT2D eigenvalue weighted by Gasteiger charge is -2.01. The van der Waals surface area contributed by atoms with E-state index in [4.69, 9.17) is 5.73 Å². The molecule has 3 aromatic rings. The maximum atomic E-state index is 13.1. The van der Waals surface area contributed by atoms with Crippen LogP contribution in [0.1, 0.15) is 0 Å². The first kappa shape index (κ1) is 9.84. The largest absolute Gasteiger partial charge is 0.369 e. The highest BCUT2D eigenvalue weighted by Crippen LogP contribution is 2.24. The van der Waals surface area contributed by atoms with Crippen LogP contribution in [-0.2, 0) is 0 Å². The van der Waals surface area contributed by atoms with Crippen molar-refractivity contribution in [2.75, 3.05) is 5.73 Å². The van der Waals surface area contributed by atoms with Crippen molar-refractivity contribution in [2.45, 2.75) is 0 Å². The van der Waals surface area contributed by atoms with Crippen LogP contribution < -0.4 is 5.73 Å². The highest BCUT2D eigenvalue weighted by molar-refractivity contribution is 5.83. The van der Waals surface area contributed by atoms with E-state index >= 15 is 0 Å². The molecule has 4 heteroatoms. The van der Waals surface area contributed by atoms with E-state index in [1.807, 2.05) is 24.3 Å². The van der Waals surface area contributed by atoms with Crippen molar-refractivity contribution in [3.8, 4) is 11.1 Å². The molecule has 3 rings (SSSR count). The SMILES string of the molecule is Nc1nc2cc(-c3cccc(F)c3)ccc2[nH]1. The van der Waals surface area contributed by atoms with E-state index in [2.05, 4.69) is 9.97 Å². The molecule has 2 aromatic carbocycles. The number of anilines is 1. The van der Waals surface area contributed by atoms with Crippen molar-refractivity contribution >= 4 is 17.0 Å². The summed E-state index contributed by atoms with van der Waals surface area (Å²) in [6.45, 7) is 0. The standard InChI is InChI=1S/C13H10FN3/c14-10-3-1-2-8(6-10)9-4-5-11-12(7-9)17-13(15)16-11/h1-7H,(H3,15,16,17). The average Bonchev–Trinajstić information content (AvgIpc) is 2.68. The number of aromatic amines is 1. The molecule has 0 unspecified atom stereocenters. The molecule has 3 N–H and O–H groups in total. The number of halogens is 1. The summed E-state index contributed by atoms with van der Waals surface area (Å²) in [5, 5.41) is 0. The van der Waals surface area contributed by atoms with Crippen molar-refractivity contribution in [1.82, 2.24) is 9.97 Å². The second kappa shape index (κ2) is 3.59. The molecule has 0 saturated carbocycles. The predicted molar refractivity (Wildman–Crippen MR) is 65.9 cm³/mol. The lowest BCUT2D eigenvalue weighted by Crippen LogP contribution is -1.84. The Balaban J connectivity index is 2.17. The van der Waals surface area contributed by atoms with Gasteiger partial charge in [0.2, 0.25) is 0 Å². The average molecular weight is 227 g/mol. The molecule has 3 nitrogen and oxygen atoms in total. The van der Waals surface area contributed by atoms with Gasteiger partial charge in [-0.25, -0.2) is 9.37 Å². The van der Waals surface area contributed by atoms with Gasteiger partial charge in [-0.1, -0.05) is 18.2 Å². The number of H-pyrrole nitrogens is 1. The quantitative estimate of drug-likeness (QED) is 0.671. The second-order valence-electron chi connectivity index (χ2n) is 3.86. The molecule has 0 amide bonds. The Kier molecular flexibility index (Phi) is 2.08. The first-order valence-electron chi connectivity index (χ1n) is 5.23. The molecular formula is C13H10FN3. The number of nitrogens with one attached hydrogen (secondary N) is 1. The van der Waals surface area contributed by atoms with E-state index in [0.29, 0.717) is 5.95 Å². The van der Waals surface area contributed by atoms with Gasteiger partial charge in [-0.05, 0) is 35.4 Å². The number of benzene rings is 2. The van der Waals surface area contributed by atoms with Gasteiger partial charge in [0.15, 0.2) is 5.95 Å². The Morgan fingerprint density at radius 2 is 1.88 bits per heavy atom. The van der Waals surface area contributed by atoms with Crippen LogP contribution in [-0.4, -0.2) is 9.97 Å². The Bertz CT molecular complexity index is 688. The van der Waals surface area contributed by atoms with Crippen molar-refractivity contribution in [1.29, 1.82) is 0 Å². The van der Waals surface area contributed by atoms with Gasteiger partial charge in [-0.3, -0.25) is 0 Å². The number of rotatable bonds is 1. The lowest BCUT2D eigenvalue weighted by atomic mass is 10.1. The van der Waals surface area contributed by atoms with Gasteiger partial charge in [0, 0.05) is 0 Å². The predicted octanol–water partition coefficient (Wildman–Crippen LogP) is 2.95. The van der Waals surface area contributed by atoms with Crippen LogP contribution in [0.15, 0.2) is 42.5 Å². The number of nitrogens with zero attached hydrogens (tertiary/aromatic N) is 1. The number of nitrogen functional groups attached to an aromatic ring is 1. The molecular weight excluding hydrogens is 217 g/mol. The smallest absolute Gasteiger partial charge is 0.198 e. The third-order valence-electron chi connectivity index (χ3n) is 2.66. The molecule has 1 aromatic heterocycles. The molecule has 0 radical (unpaired) electrons. The number of hydrogen-bond acceptors (Lipinski definition) is 2. The van der Waals surface area contributed by atoms with E-state index in [0.717, 1.165) is 22.2 Å². The highest BCUT2D eigenvalue weighted by atomic mass is 19.1. The molecule has 0 atom stereocenters. The van der Waals surface area contributed by atoms with E-state index in [9.17, 15) is 4.39 Å². The first-order valence-corrected chi connectivity index (χ1v) is 5.23. The summed E-state index contributed by atoms with van der Waals surface area (Å²) < 4.78 is 13.1. The van der Waals surface area contributed by atoms with Crippen molar-refractivity contribution in [3.63, 3.8) is 0 Å². The Labute approximate surface area is 97.1 Å². The summed E-state index contributed by atoms with van der Waals surface area (Å²) in [5.41, 5.74) is 8.98. The minimum absolute atomic E-state index is 0.246. The molecule has 0 bridgehead atoms. The van der Waals surface area contributed by atoms with E-state index in [1.54, 1.807) is 6.07 Å². The van der Waals surface area contributed by atoms with Gasteiger partial charge in [-0.15, -0.1) is 0 Å². The zero-order chi connectivity index (χ0) is 11.8. The Morgan fingerprint density at radius 3 is 2.71 bits per heavy atom. The molecule has 0 spiro atoms. The van der Waals surface area contributed by atoms with Crippen molar-refractivity contribution in [2.24, 2.45) is 0 Å². The third-order valence-corrected chi connectivity index (χ3v) is 2.66. The van der Waals surface area contributed by atoms with E-state index in [-0.39, 0.29) is 5.82 Å². The number of imidazole rings is 1. The molecule has 17 heavy (non-hydrogen) atoms. The molecule has 0 aliphatic carbocycles. The molecule has 0 aliphatic heterocycles. The molecule has 0 aliphatic rings. The fraction of sp³-hybridized carbons (Fsp3) is 0. The number of hydrogen-bond donors (Lipinski definition) is 2. The molecule has 0 saturated heterocycles.